The van der Waals surface area contributed by atoms with Gasteiger partial charge in [0.15, 0.2) is 0 Å². The summed E-state index contributed by atoms with van der Waals surface area (Å²) in [5, 5.41) is 0. The van der Waals surface area contributed by atoms with Gasteiger partial charge in [0.2, 0.25) is 0 Å². The minimum absolute atomic E-state index is 0.455. The first-order valence-electron chi connectivity index (χ1n) is 10.8. The summed E-state index contributed by atoms with van der Waals surface area (Å²) in [4.78, 5) is 0. The second-order valence-corrected chi connectivity index (χ2v) is 6.75. The maximum Gasteiger partial charge on any atom is 0.127 e. The third-order valence-corrected chi connectivity index (χ3v) is 4.52. The maximum absolute atomic E-state index is 5.99. The van der Waals surface area contributed by atoms with Crippen molar-refractivity contribution in [1.29, 1.82) is 0 Å². The molecule has 0 fully saturated rings. The van der Waals surface area contributed by atoms with Gasteiger partial charge in [-0.15, -0.1) is 0 Å². The first-order chi connectivity index (χ1) is 15.4. The van der Waals surface area contributed by atoms with E-state index in [4.69, 9.17) is 33.2 Å². The van der Waals surface area contributed by atoms with Crippen LogP contribution >= 0.6 is 0 Å². The highest BCUT2D eigenvalue weighted by atomic mass is 16.6. The zero-order valence-electron chi connectivity index (χ0n) is 18.0. The van der Waals surface area contributed by atoms with E-state index in [-0.39, 0.29) is 0 Å². The third kappa shape index (κ3) is 8.85. The smallest absolute Gasteiger partial charge is 0.127 e. The van der Waals surface area contributed by atoms with Crippen LogP contribution in [0, 0.1) is 0 Å². The Balaban J connectivity index is 1.60. The van der Waals surface area contributed by atoms with Crippen molar-refractivity contribution in [3.8, 4) is 22.6 Å². The van der Waals surface area contributed by atoms with Crippen molar-refractivity contribution in [2.45, 2.75) is 0 Å². The second-order valence-electron chi connectivity index (χ2n) is 6.75. The van der Waals surface area contributed by atoms with Crippen LogP contribution in [-0.2, 0) is 23.7 Å². The normalized spacial score (nSPS) is 18.6. The zero-order valence-corrected chi connectivity index (χ0v) is 18.0. The Hall–Kier alpha value is -2.16. The maximum atomic E-state index is 5.99. The predicted octanol–water partition coefficient (Wildman–Crippen LogP) is 3.21. The Bertz CT molecular complexity index is 676. The first kappa shape index (κ1) is 23.5. The van der Waals surface area contributed by atoms with Gasteiger partial charge in [-0.25, -0.2) is 0 Å². The molecule has 1 aliphatic heterocycles. The van der Waals surface area contributed by atoms with E-state index in [9.17, 15) is 0 Å². The number of rotatable bonds is 0. The molecule has 7 heteroatoms. The Morgan fingerprint density at radius 1 is 0.355 bits per heavy atom. The summed E-state index contributed by atoms with van der Waals surface area (Å²) in [6.45, 7) is 6.13. The molecule has 0 spiro atoms. The van der Waals surface area contributed by atoms with Crippen molar-refractivity contribution in [1.82, 2.24) is 0 Å². The topological polar surface area (TPSA) is 64.6 Å². The fraction of sp³-hybridized carbons (Fsp3) is 0.500. The Morgan fingerprint density at radius 2 is 0.645 bits per heavy atom. The summed E-state index contributed by atoms with van der Waals surface area (Å²) in [7, 11) is 0. The quantitative estimate of drug-likeness (QED) is 0.633. The number of hydrogen-bond acceptors (Lipinski definition) is 7. The van der Waals surface area contributed by atoms with Crippen molar-refractivity contribution < 1.29 is 33.2 Å². The number of fused-ring (bicyclic) bond motifs is 3. The molecule has 0 saturated carbocycles. The van der Waals surface area contributed by atoms with Gasteiger partial charge in [0.05, 0.1) is 66.1 Å². The molecule has 0 unspecified atom stereocenters. The number of para-hydroxylation sites is 2. The van der Waals surface area contributed by atoms with Gasteiger partial charge in [0.25, 0.3) is 0 Å². The average Bonchev–Trinajstić information content (AvgIpc) is 2.80. The largest absolute Gasteiger partial charge is 0.491 e. The highest BCUT2D eigenvalue weighted by Crippen LogP contribution is 2.36. The van der Waals surface area contributed by atoms with Crippen LogP contribution in [0.4, 0.5) is 0 Å². The molecule has 7 nitrogen and oxygen atoms in total. The van der Waals surface area contributed by atoms with Gasteiger partial charge in [-0.2, -0.15) is 0 Å². The van der Waals surface area contributed by atoms with Crippen molar-refractivity contribution in [3.05, 3.63) is 48.5 Å². The van der Waals surface area contributed by atoms with Gasteiger partial charge >= 0.3 is 0 Å². The lowest BCUT2D eigenvalue weighted by Crippen LogP contribution is -2.15. The summed E-state index contributed by atoms with van der Waals surface area (Å²) in [5.41, 5.74) is 1.96. The van der Waals surface area contributed by atoms with Gasteiger partial charge in [-0.05, 0) is 12.1 Å². The summed E-state index contributed by atoms with van der Waals surface area (Å²) in [6.07, 6.45) is 0. The SMILES string of the molecule is c1ccc2c(c1)OCCOCCOCCOCCOCCOCCOc1ccccc1-2. The Labute approximate surface area is 184 Å². The van der Waals surface area contributed by atoms with Crippen LogP contribution in [-0.4, -0.2) is 79.3 Å². The van der Waals surface area contributed by atoms with Crippen LogP contribution < -0.4 is 9.47 Å². The lowest BCUT2D eigenvalue weighted by Gasteiger charge is -2.15. The number of hydrogen-bond donors (Lipinski definition) is 0. The molecule has 2 aromatic rings. The molecule has 31 heavy (non-hydrogen) atoms. The van der Waals surface area contributed by atoms with E-state index in [1.54, 1.807) is 0 Å². The molecule has 0 aliphatic carbocycles. The monoisotopic (exact) mass is 432 g/mol. The molecule has 2 aromatic carbocycles. The molecule has 0 atom stereocenters. The zero-order chi connectivity index (χ0) is 21.4. The van der Waals surface area contributed by atoms with E-state index < -0.39 is 0 Å². The molecule has 1 aliphatic rings. The molecule has 0 amide bonds. The van der Waals surface area contributed by atoms with Crippen molar-refractivity contribution >= 4 is 0 Å². The molecule has 0 bridgehead atoms. The molecule has 3 rings (SSSR count). The second kappa shape index (κ2) is 14.8. The molecule has 0 saturated heterocycles. The van der Waals surface area contributed by atoms with E-state index >= 15 is 0 Å². The van der Waals surface area contributed by atoms with Gasteiger partial charge in [0, 0.05) is 11.1 Å². The lowest BCUT2D eigenvalue weighted by atomic mass is 10.0. The van der Waals surface area contributed by atoms with E-state index in [0.29, 0.717) is 79.3 Å². The van der Waals surface area contributed by atoms with Gasteiger partial charge in [-0.3, -0.25) is 0 Å². The molecular weight excluding hydrogens is 400 g/mol. The molecule has 0 radical (unpaired) electrons. The standard InChI is InChI=1S/C24H32O7/c1-3-7-23-21(5-1)22-6-2-4-8-24(22)31-20-18-29-16-14-27-12-10-25-9-11-26-13-15-28-17-19-30-23/h1-8H,9-20H2. The molecule has 0 aromatic heterocycles. The van der Waals surface area contributed by atoms with Crippen molar-refractivity contribution in [3.63, 3.8) is 0 Å². The molecule has 0 N–H and O–H groups in total. The highest BCUT2D eigenvalue weighted by molar-refractivity contribution is 5.75. The average molecular weight is 433 g/mol. The third-order valence-electron chi connectivity index (χ3n) is 4.52. The van der Waals surface area contributed by atoms with E-state index in [0.717, 1.165) is 22.6 Å². The predicted molar refractivity (Wildman–Crippen MR) is 117 cm³/mol. The highest BCUT2D eigenvalue weighted by Gasteiger charge is 2.11. The first-order valence-corrected chi connectivity index (χ1v) is 10.8. The van der Waals surface area contributed by atoms with E-state index in [1.165, 1.54) is 0 Å². The summed E-state index contributed by atoms with van der Waals surface area (Å²) >= 11 is 0. The van der Waals surface area contributed by atoms with Crippen molar-refractivity contribution in [2.75, 3.05) is 79.3 Å². The van der Waals surface area contributed by atoms with Crippen LogP contribution in [0.25, 0.3) is 11.1 Å². The minimum atomic E-state index is 0.455. The summed E-state index contributed by atoms with van der Waals surface area (Å²) < 4.78 is 39.6. The van der Waals surface area contributed by atoms with Crippen LogP contribution in [0.1, 0.15) is 0 Å². The fourth-order valence-electron chi connectivity index (χ4n) is 3.03. The Morgan fingerprint density at radius 3 is 1.00 bits per heavy atom. The van der Waals surface area contributed by atoms with Crippen LogP contribution in [0.3, 0.4) is 0 Å². The van der Waals surface area contributed by atoms with Gasteiger partial charge < -0.3 is 33.2 Å². The fourth-order valence-corrected chi connectivity index (χ4v) is 3.03. The number of ether oxygens (including phenoxy) is 7. The Kier molecular flexibility index (Phi) is 11.2. The molecular formula is C24H32O7. The summed E-state index contributed by atoms with van der Waals surface area (Å²) in [5.74, 6) is 1.59. The minimum Gasteiger partial charge on any atom is -0.491 e. The van der Waals surface area contributed by atoms with Crippen molar-refractivity contribution in [2.24, 2.45) is 0 Å². The summed E-state index contributed by atoms with van der Waals surface area (Å²) in [6, 6.07) is 15.9. The molecule has 170 valence electrons. The van der Waals surface area contributed by atoms with E-state index in [2.05, 4.69) is 0 Å². The lowest BCUT2D eigenvalue weighted by molar-refractivity contribution is -0.0141. The number of benzene rings is 2. The molecule has 1 heterocycles. The van der Waals surface area contributed by atoms with Crippen LogP contribution in [0.15, 0.2) is 48.5 Å². The van der Waals surface area contributed by atoms with E-state index in [1.807, 2.05) is 48.5 Å². The van der Waals surface area contributed by atoms with Gasteiger partial charge in [0.1, 0.15) is 24.7 Å². The van der Waals surface area contributed by atoms with Crippen LogP contribution in [0.5, 0.6) is 11.5 Å². The van der Waals surface area contributed by atoms with Gasteiger partial charge in [-0.1, -0.05) is 36.4 Å². The van der Waals surface area contributed by atoms with Crippen LogP contribution in [0.2, 0.25) is 0 Å².